The number of rotatable bonds is 13. The summed E-state index contributed by atoms with van der Waals surface area (Å²) < 4.78 is 5.14. The average Bonchev–Trinajstić information content (AvgIpc) is 2.97. The Morgan fingerprint density at radius 1 is 1.20 bits per heavy atom. The second-order valence-corrected chi connectivity index (χ2v) is 9.97. The first-order valence-electron chi connectivity index (χ1n) is 12.4. The summed E-state index contributed by atoms with van der Waals surface area (Å²) in [5.74, 6) is 1.21. The zero-order valence-electron chi connectivity index (χ0n) is 19.5. The molecule has 0 aromatic carbocycles. The lowest BCUT2D eigenvalue weighted by atomic mass is 9.69. The SMILES string of the molecule is CCCCCCC[C@]1(O)CC[C@H]2[C@H](CC(=O)[C@@H]2CC=CCCCC(=O)OC(C)C)C1. The zero-order valence-corrected chi connectivity index (χ0v) is 19.5. The topological polar surface area (TPSA) is 63.6 Å². The standard InChI is InChI=1S/C26H44O4/c1-4-5-6-9-12-16-26(29)17-15-22-21(19-26)18-24(27)23(22)13-10-7-8-11-14-25(28)30-20(2)3/h7,10,20-23,29H,4-6,8-9,11-19H2,1-3H3/t21-,22+,23-,26+/m1/s1. The predicted molar refractivity (Wildman–Crippen MR) is 121 cm³/mol. The van der Waals surface area contributed by atoms with E-state index in [1.54, 1.807) is 0 Å². The van der Waals surface area contributed by atoms with Crippen LogP contribution < -0.4 is 0 Å². The minimum atomic E-state index is -0.539. The van der Waals surface area contributed by atoms with E-state index in [9.17, 15) is 14.7 Å². The molecule has 4 atom stereocenters. The molecular weight excluding hydrogens is 376 g/mol. The average molecular weight is 421 g/mol. The van der Waals surface area contributed by atoms with Crippen LogP contribution in [0.4, 0.5) is 0 Å². The predicted octanol–water partition coefficient (Wildman–Crippen LogP) is 6.15. The van der Waals surface area contributed by atoms with E-state index in [1.165, 1.54) is 25.7 Å². The van der Waals surface area contributed by atoms with E-state index in [2.05, 4.69) is 19.1 Å². The van der Waals surface area contributed by atoms with Gasteiger partial charge in [0.15, 0.2) is 0 Å². The fourth-order valence-electron chi connectivity index (χ4n) is 5.45. The van der Waals surface area contributed by atoms with Gasteiger partial charge in [-0.15, -0.1) is 0 Å². The third kappa shape index (κ3) is 8.17. The van der Waals surface area contributed by atoms with Crippen LogP contribution in [-0.2, 0) is 14.3 Å². The Kier molecular flexibility index (Phi) is 10.6. The van der Waals surface area contributed by atoms with Crippen LogP contribution >= 0.6 is 0 Å². The molecule has 2 rings (SSSR count). The highest BCUT2D eigenvalue weighted by molar-refractivity contribution is 5.84. The van der Waals surface area contributed by atoms with Gasteiger partial charge in [0.1, 0.15) is 5.78 Å². The van der Waals surface area contributed by atoms with Gasteiger partial charge in [-0.25, -0.2) is 0 Å². The van der Waals surface area contributed by atoms with Crippen molar-refractivity contribution in [3.8, 4) is 0 Å². The molecule has 2 saturated carbocycles. The molecule has 0 aromatic rings. The Labute approximate surface area is 183 Å². The first kappa shape index (κ1) is 25.1. The van der Waals surface area contributed by atoms with Crippen molar-refractivity contribution in [1.29, 1.82) is 0 Å². The van der Waals surface area contributed by atoms with Gasteiger partial charge in [0, 0.05) is 18.8 Å². The van der Waals surface area contributed by atoms with Gasteiger partial charge < -0.3 is 9.84 Å². The molecule has 0 heterocycles. The molecule has 0 aromatic heterocycles. The quantitative estimate of drug-likeness (QED) is 0.220. The van der Waals surface area contributed by atoms with Crippen LogP contribution in [0.5, 0.6) is 0 Å². The van der Waals surface area contributed by atoms with Crippen LogP contribution in [0.1, 0.15) is 111 Å². The number of hydrogen-bond acceptors (Lipinski definition) is 4. The summed E-state index contributed by atoms with van der Waals surface area (Å²) in [5, 5.41) is 11.1. The molecule has 0 saturated heterocycles. The highest BCUT2D eigenvalue weighted by Gasteiger charge is 2.48. The van der Waals surface area contributed by atoms with E-state index >= 15 is 0 Å². The fourth-order valence-corrected chi connectivity index (χ4v) is 5.45. The minimum absolute atomic E-state index is 0.0522. The summed E-state index contributed by atoms with van der Waals surface area (Å²) in [6.07, 6.45) is 17.4. The Morgan fingerprint density at radius 2 is 1.97 bits per heavy atom. The van der Waals surface area contributed by atoms with Crippen LogP contribution in [0.15, 0.2) is 12.2 Å². The van der Waals surface area contributed by atoms with Crippen LogP contribution in [-0.4, -0.2) is 28.6 Å². The summed E-state index contributed by atoms with van der Waals surface area (Å²) in [6, 6.07) is 0. The number of ketones is 1. The van der Waals surface area contributed by atoms with Crippen molar-refractivity contribution in [2.24, 2.45) is 17.8 Å². The number of allylic oxidation sites excluding steroid dienone is 2. The van der Waals surface area contributed by atoms with Crippen molar-refractivity contribution in [1.82, 2.24) is 0 Å². The molecule has 2 aliphatic carbocycles. The van der Waals surface area contributed by atoms with Gasteiger partial charge in [0.25, 0.3) is 0 Å². The smallest absolute Gasteiger partial charge is 0.306 e. The molecule has 0 radical (unpaired) electrons. The van der Waals surface area contributed by atoms with E-state index in [0.29, 0.717) is 30.5 Å². The van der Waals surface area contributed by atoms with Crippen LogP contribution in [0.3, 0.4) is 0 Å². The van der Waals surface area contributed by atoms with Crippen molar-refractivity contribution in [2.45, 2.75) is 122 Å². The third-order valence-corrected chi connectivity index (χ3v) is 7.01. The largest absolute Gasteiger partial charge is 0.463 e. The Balaban J connectivity index is 1.70. The van der Waals surface area contributed by atoms with Gasteiger partial charge in [0.2, 0.25) is 0 Å². The maximum atomic E-state index is 12.6. The molecule has 2 aliphatic rings. The third-order valence-electron chi connectivity index (χ3n) is 7.01. The molecule has 1 N–H and O–H groups in total. The normalized spacial score (nSPS) is 29.0. The lowest BCUT2D eigenvalue weighted by Gasteiger charge is -2.40. The molecular formula is C26H44O4. The monoisotopic (exact) mass is 420 g/mol. The molecule has 0 bridgehead atoms. The van der Waals surface area contributed by atoms with Gasteiger partial charge >= 0.3 is 5.97 Å². The first-order chi connectivity index (χ1) is 14.3. The van der Waals surface area contributed by atoms with Crippen molar-refractivity contribution in [2.75, 3.05) is 0 Å². The molecule has 172 valence electrons. The zero-order chi connectivity index (χ0) is 22.0. The number of carbonyl (C=O) groups is 2. The molecule has 30 heavy (non-hydrogen) atoms. The summed E-state index contributed by atoms with van der Waals surface area (Å²) in [5.41, 5.74) is -0.539. The summed E-state index contributed by atoms with van der Waals surface area (Å²) >= 11 is 0. The molecule has 0 unspecified atom stereocenters. The highest BCUT2D eigenvalue weighted by Crippen LogP contribution is 2.49. The van der Waals surface area contributed by atoms with E-state index in [-0.39, 0.29) is 18.0 Å². The summed E-state index contributed by atoms with van der Waals surface area (Å²) in [6.45, 7) is 5.95. The van der Waals surface area contributed by atoms with Crippen LogP contribution in [0.25, 0.3) is 0 Å². The molecule has 0 spiro atoms. The molecule has 0 amide bonds. The second-order valence-electron chi connectivity index (χ2n) is 9.97. The number of esters is 1. The number of hydrogen-bond donors (Lipinski definition) is 1. The Morgan fingerprint density at radius 3 is 2.70 bits per heavy atom. The van der Waals surface area contributed by atoms with Gasteiger partial charge in [-0.05, 0) is 70.6 Å². The lowest BCUT2D eigenvalue weighted by Crippen LogP contribution is -2.38. The number of Topliss-reactive ketones (excluding diaryl/α,β-unsaturated/α-hetero) is 1. The van der Waals surface area contributed by atoms with Crippen molar-refractivity contribution < 1.29 is 19.4 Å². The fraction of sp³-hybridized carbons (Fsp3) is 0.846. The van der Waals surface area contributed by atoms with E-state index < -0.39 is 5.60 Å². The molecule has 0 aliphatic heterocycles. The van der Waals surface area contributed by atoms with Crippen molar-refractivity contribution >= 4 is 11.8 Å². The van der Waals surface area contributed by atoms with E-state index in [0.717, 1.165) is 51.4 Å². The van der Waals surface area contributed by atoms with E-state index in [4.69, 9.17) is 4.74 Å². The van der Waals surface area contributed by atoms with Gasteiger partial charge in [-0.3, -0.25) is 9.59 Å². The van der Waals surface area contributed by atoms with Crippen molar-refractivity contribution in [3.05, 3.63) is 12.2 Å². The first-order valence-corrected chi connectivity index (χ1v) is 12.4. The number of carbonyl (C=O) groups excluding carboxylic acids is 2. The van der Waals surface area contributed by atoms with Gasteiger partial charge in [0.05, 0.1) is 11.7 Å². The lowest BCUT2D eigenvalue weighted by molar-refractivity contribution is -0.147. The number of fused-ring (bicyclic) bond motifs is 1. The number of ether oxygens (including phenoxy) is 1. The van der Waals surface area contributed by atoms with E-state index in [1.807, 2.05) is 13.8 Å². The Bertz CT molecular complexity index is 567. The Hall–Kier alpha value is -1.16. The maximum Gasteiger partial charge on any atom is 0.306 e. The summed E-state index contributed by atoms with van der Waals surface area (Å²) in [4.78, 5) is 24.2. The number of unbranched alkanes of at least 4 members (excludes halogenated alkanes) is 5. The van der Waals surface area contributed by atoms with Crippen LogP contribution in [0, 0.1) is 17.8 Å². The maximum absolute atomic E-state index is 12.6. The molecule has 2 fully saturated rings. The number of aliphatic hydroxyl groups is 1. The van der Waals surface area contributed by atoms with Gasteiger partial charge in [-0.2, -0.15) is 0 Å². The van der Waals surface area contributed by atoms with Crippen molar-refractivity contribution in [3.63, 3.8) is 0 Å². The van der Waals surface area contributed by atoms with Crippen LogP contribution in [0.2, 0.25) is 0 Å². The summed E-state index contributed by atoms with van der Waals surface area (Å²) in [7, 11) is 0. The minimum Gasteiger partial charge on any atom is -0.463 e. The molecule has 4 heteroatoms. The molecule has 4 nitrogen and oxygen atoms in total. The second kappa shape index (κ2) is 12.6. The highest BCUT2D eigenvalue weighted by atomic mass is 16.5. The van der Waals surface area contributed by atoms with Gasteiger partial charge in [-0.1, -0.05) is 51.2 Å².